The third-order valence-corrected chi connectivity index (χ3v) is 1.81. The molecule has 0 amide bonds. The maximum Gasteiger partial charge on any atom is 0.0736 e. The van der Waals surface area contributed by atoms with Crippen LogP contribution in [-0.2, 0) is 4.74 Å². The number of rotatable bonds is 3. The minimum atomic E-state index is 0.225. The van der Waals surface area contributed by atoms with Crippen LogP contribution in [-0.4, -0.2) is 31.3 Å². The highest BCUT2D eigenvalue weighted by Crippen LogP contribution is 2.16. The Morgan fingerprint density at radius 2 is 2.60 bits per heavy atom. The molecule has 1 fully saturated rings. The zero-order chi connectivity index (χ0) is 7.40. The summed E-state index contributed by atoms with van der Waals surface area (Å²) in [6, 6.07) is 0.225. The van der Waals surface area contributed by atoms with E-state index < -0.39 is 0 Å². The van der Waals surface area contributed by atoms with Crippen molar-refractivity contribution in [1.82, 2.24) is 5.01 Å². The summed E-state index contributed by atoms with van der Waals surface area (Å²) < 4.78 is 4.92. The van der Waals surface area contributed by atoms with Crippen molar-refractivity contribution >= 4 is 0 Å². The molecular formula is C6H12N2O2. The second-order valence-corrected chi connectivity index (χ2v) is 2.50. The largest absolute Gasteiger partial charge is 0.382 e. The lowest BCUT2D eigenvalue weighted by Gasteiger charge is -2.15. The summed E-state index contributed by atoms with van der Waals surface area (Å²) in [5, 5.41) is 4.45. The second kappa shape index (κ2) is 3.51. The highest BCUT2D eigenvalue weighted by Gasteiger charge is 2.23. The van der Waals surface area contributed by atoms with E-state index in [1.807, 2.05) is 0 Å². The molecule has 1 atom stereocenters. The summed E-state index contributed by atoms with van der Waals surface area (Å²) in [5.41, 5.74) is 0. The Morgan fingerprint density at radius 3 is 3.20 bits per heavy atom. The molecule has 0 N–H and O–H groups in total. The molecule has 0 aliphatic carbocycles. The molecule has 4 nitrogen and oxygen atoms in total. The highest BCUT2D eigenvalue weighted by molar-refractivity contribution is 4.75. The van der Waals surface area contributed by atoms with Crippen molar-refractivity contribution in [2.75, 3.05) is 20.3 Å². The predicted molar refractivity (Wildman–Crippen MR) is 37.4 cm³/mol. The summed E-state index contributed by atoms with van der Waals surface area (Å²) >= 11 is 0. The molecule has 10 heavy (non-hydrogen) atoms. The van der Waals surface area contributed by atoms with Crippen LogP contribution in [0.3, 0.4) is 0 Å². The maximum atomic E-state index is 10.1. The van der Waals surface area contributed by atoms with Gasteiger partial charge in [0.25, 0.3) is 0 Å². The van der Waals surface area contributed by atoms with Gasteiger partial charge in [-0.05, 0) is 12.8 Å². The van der Waals surface area contributed by atoms with Crippen molar-refractivity contribution in [2.45, 2.75) is 18.9 Å². The standard InChI is InChI=1S/C6H12N2O2/c1-10-5-6-3-2-4-8(6)7-9/h6H,2-5H2,1H3. The highest BCUT2D eigenvalue weighted by atomic mass is 16.5. The van der Waals surface area contributed by atoms with Gasteiger partial charge < -0.3 is 4.74 Å². The molecule has 0 saturated carbocycles. The Balaban J connectivity index is 2.34. The fraction of sp³-hybridized carbons (Fsp3) is 1.00. The van der Waals surface area contributed by atoms with Crippen LogP contribution in [0.1, 0.15) is 12.8 Å². The van der Waals surface area contributed by atoms with Crippen molar-refractivity contribution in [3.8, 4) is 0 Å². The molecule has 58 valence electrons. The van der Waals surface area contributed by atoms with Crippen LogP contribution in [0.15, 0.2) is 5.29 Å². The Labute approximate surface area is 60.1 Å². The quantitative estimate of drug-likeness (QED) is 0.549. The topological polar surface area (TPSA) is 41.9 Å². The molecule has 1 heterocycles. The zero-order valence-corrected chi connectivity index (χ0v) is 6.12. The van der Waals surface area contributed by atoms with Crippen LogP contribution in [0.2, 0.25) is 0 Å². The minimum Gasteiger partial charge on any atom is -0.382 e. The van der Waals surface area contributed by atoms with Gasteiger partial charge in [-0.3, -0.25) is 5.01 Å². The van der Waals surface area contributed by atoms with Gasteiger partial charge in [-0.2, -0.15) is 0 Å². The Kier molecular flexibility index (Phi) is 2.62. The van der Waals surface area contributed by atoms with E-state index in [4.69, 9.17) is 4.74 Å². The lowest BCUT2D eigenvalue weighted by Crippen LogP contribution is -2.27. The number of nitrogens with zero attached hydrogens (tertiary/aromatic N) is 2. The van der Waals surface area contributed by atoms with E-state index in [1.54, 1.807) is 12.1 Å². The van der Waals surface area contributed by atoms with Crippen LogP contribution in [0.25, 0.3) is 0 Å². The van der Waals surface area contributed by atoms with Gasteiger partial charge in [0.1, 0.15) is 0 Å². The van der Waals surface area contributed by atoms with Gasteiger partial charge in [-0.25, -0.2) is 0 Å². The number of hydrogen-bond donors (Lipinski definition) is 0. The van der Waals surface area contributed by atoms with Crippen LogP contribution >= 0.6 is 0 Å². The van der Waals surface area contributed by atoms with Gasteiger partial charge in [0.15, 0.2) is 0 Å². The SMILES string of the molecule is COCC1CCCN1N=O. The van der Waals surface area contributed by atoms with Crippen LogP contribution in [0, 0.1) is 4.91 Å². The minimum absolute atomic E-state index is 0.225. The molecule has 4 heteroatoms. The monoisotopic (exact) mass is 144 g/mol. The van der Waals surface area contributed by atoms with Crippen LogP contribution in [0.4, 0.5) is 0 Å². The second-order valence-electron chi connectivity index (χ2n) is 2.50. The average Bonchev–Trinajstić information content (AvgIpc) is 2.36. The molecule has 1 aliphatic rings. The molecule has 1 saturated heterocycles. The molecule has 0 bridgehead atoms. The smallest absolute Gasteiger partial charge is 0.0736 e. The van der Waals surface area contributed by atoms with Crippen molar-refractivity contribution in [3.63, 3.8) is 0 Å². The number of hydrogen-bond acceptors (Lipinski definition) is 3. The molecule has 0 aromatic carbocycles. The molecule has 1 aliphatic heterocycles. The van der Waals surface area contributed by atoms with Gasteiger partial charge in [0.05, 0.1) is 17.9 Å². The summed E-state index contributed by atoms with van der Waals surface area (Å²) in [5.74, 6) is 0. The third-order valence-electron chi connectivity index (χ3n) is 1.81. The van der Waals surface area contributed by atoms with E-state index in [2.05, 4.69) is 5.29 Å². The molecule has 0 radical (unpaired) electrons. The Hall–Kier alpha value is -0.640. The summed E-state index contributed by atoms with van der Waals surface area (Å²) in [6.45, 7) is 1.41. The van der Waals surface area contributed by atoms with Gasteiger partial charge in [0, 0.05) is 13.7 Å². The van der Waals surface area contributed by atoms with Crippen molar-refractivity contribution in [3.05, 3.63) is 4.91 Å². The summed E-state index contributed by atoms with van der Waals surface area (Å²) in [7, 11) is 1.64. The first-order valence-electron chi connectivity index (χ1n) is 3.47. The van der Waals surface area contributed by atoms with E-state index in [9.17, 15) is 4.91 Å². The van der Waals surface area contributed by atoms with Gasteiger partial charge >= 0.3 is 0 Å². The van der Waals surface area contributed by atoms with Crippen molar-refractivity contribution in [2.24, 2.45) is 5.29 Å². The fourth-order valence-corrected chi connectivity index (χ4v) is 1.29. The van der Waals surface area contributed by atoms with Gasteiger partial charge in [-0.1, -0.05) is 0 Å². The molecular weight excluding hydrogens is 132 g/mol. The van der Waals surface area contributed by atoms with E-state index in [1.165, 1.54) is 0 Å². The molecule has 0 spiro atoms. The van der Waals surface area contributed by atoms with Crippen LogP contribution in [0.5, 0.6) is 0 Å². The lowest BCUT2D eigenvalue weighted by atomic mass is 10.2. The zero-order valence-electron chi connectivity index (χ0n) is 6.12. The predicted octanol–water partition coefficient (Wildman–Crippen LogP) is 0.779. The van der Waals surface area contributed by atoms with Crippen LogP contribution < -0.4 is 0 Å². The Morgan fingerprint density at radius 1 is 1.80 bits per heavy atom. The lowest BCUT2D eigenvalue weighted by molar-refractivity contribution is 0.117. The summed E-state index contributed by atoms with van der Waals surface area (Å²) in [4.78, 5) is 10.1. The van der Waals surface area contributed by atoms with E-state index in [0.29, 0.717) is 6.61 Å². The number of methoxy groups -OCH3 is 1. The molecule has 0 aromatic rings. The third kappa shape index (κ3) is 1.44. The first-order valence-corrected chi connectivity index (χ1v) is 3.47. The fourth-order valence-electron chi connectivity index (χ4n) is 1.29. The maximum absolute atomic E-state index is 10.1. The van der Waals surface area contributed by atoms with Gasteiger partial charge in [-0.15, -0.1) is 4.91 Å². The Bertz CT molecular complexity index is 118. The average molecular weight is 144 g/mol. The molecule has 1 rings (SSSR count). The van der Waals surface area contributed by atoms with E-state index in [0.717, 1.165) is 19.4 Å². The van der Waals surface area contributed by atoms with Crippen molar-refractivity contribution < 1.29 is 4.74 Å². The van der Waals surface area contributed by atoms with E-state index in [-0.39, 0.29) is 6.04 Å². The normalized spacial score (nSPS) is 25.3. The summed E-state index contributed by atoms with van der Waals surface area (Å²) in [6.07, 6.45) is 2.08. The molecule has 1 unspecified atom stereocenters. The number of nitroso groups, excluding NO2 is 1. The van der Waals surface area contributed by atoms with Gasteiger partial charge in [0.2, 0.25) is 0 Å². The number of ether oxygens (including phenoxy) is 1. The van der Waals surface area contributed by atoms with Crippen molar-refractivity contribution in [1.29, 1.82) is 0 Å². The molecule has 0 aromatic heterocycles. The van der Waals surface area contributed by atoms with E-state index >= 15 is 0 Å². The first kappa shape index (κ1) is 7.47. The first-order chi connectivity index (χ1) is 4.88.